The number of carbonyl (C=O) groups excluding carboxylic acids is 5. The lowest BCUT2D eigenvalue weighted by atomic mass is 9.94. The van der Waals surface area contributed by atoms with E-state index in [1.165, 1.54) is 38.5 Å². The quantitative estimate of drug-likeness (QED) is 0.0820. The Hall–Kier alpha value is -5.69. The van der Waals surface area contributed by atoms with Gasteiger partial charge in [0, 0.05) is 57.0 Å². The van der Waals surface area contributed by atoms with Gasteiger partial charge in [-0.05, 0) is 124 Å². The van der Waals surface area contributed by atoms with Crippen LogP contribution < -0.4 is 21.5 Å². The van der Waals surface area contributed by atoms with Gasteiger partial charge in [-0.3, -0.25) is 14.4 Å². The van der Waals surface area contributed by atoms with Gasteiger partial charge in [0.05, 0.1) is 53.5 Å². The number of nitrogens with zero attached hydrogens (tertiary/aromatic N) is 2. The average Bonchev–Trinajstić information content (AvgIpc) is 3.43. The third kappa shape index (κ3) is 10.8. The smallest absolute Gasteiger partial charge is 0.338 e. The van der Waals surface area contributed by atoms with Gasteiger partial charge in [-0.25, -0.2) is 15.4 Å². The predicted octanol–water partition coefficient (Wildman–Crippen LogP) is 11.3. The van der Waals surface area contributed by atoms with Gasteiger partial charge in [0.15, 0.2) is 5.78 Å². The van der Waals surface area contributed by atoms with Crippen LogP contribution in [0.1, 0.15) is 134 Å². The molecule has 4 aliphatic rings. The topological polar surface area (TPSA) is 162 Å². The summed E-state index contributed by atoms with van der Waals surface area (Å²) in [5, 5.41) is 9.56. The van der Waals surface area contributed by atoms with Crippen molar-refractivity contribution in [2.24, 2.45) is 5.84 Å². The van der Waals surface area contributed by atoms with E-state index in [0.29, 0.717) is 57.7 Å². The van der Waals surface area contributed by atoms with E-state index in [-0.39, 0.29) is 48.8 Å². The lowest BCUT2D eigenvalue weighted by Crippen LogP contribution is -2.42. The molecule has 0 radical (unpaired) electrons. The lowest BCUT2D eigenvalue weighted by molar-refractivity contribution is -0.116. The van der Waals surface area contributed by atoms with Crippen molar-refractivity contribution in [2.45, 2.75) is 109 Å². The standard InChI is InChI=1S/C25H25ClN2O3.C15H22N2O2.C10H8ClNO2/c1-2-31-25(30)15-8-11-22-19(12-15)20-14-23(29)27-21-13-16(26)9-10-18(21)24(20)28(22)17-6-4-3-5-7-17;1-2-19-15(18)12-8-10-14(11-9-12)17(16)13-6-4-3-5-7-13;11-6-1-2-7-8(5-6)12-10(14)4-3-9(7)13/h8-13,17H,2-7,14H2,1H3,(H,27,29);8-11,13H,2-7,16H2,1H3;1-2,5H,3-4H2,(H,12,14). The molecule has 9 rings (SSSR count). The number of carbonyl (C=O) groups is 5. The molecule has 4 N–H and O–H groups in total. The molecule has 0 spiro atoms. The maximum atomic E-state index is 12.8. The second kappa shape index (κ2) is 21.3. The van der Waals surface area contributed by atoms with E-state index in [2.05, 4.69) is 15.2 Å². The zero-order chi connectivity index (χ0) is 45.3. The Morgan fingerprint density at radius 3 is 1.89 bits per heavy atom. The van der Waals surface area contributed by atoms with Crippen LogP contribution in [0.5, 0.6) is 0 Å². The van der Waals surface area contributed by atoms with E-state index in [0.717, 1.165) is 64.8 Å². The Balaban J connectivity index is 0.000000158. The van der Waals surface area contributed by atoms with Crippen molar-refractivity contribution < 1.29 is 33.4 Å². The van der Waals surface area contributed by atoms with Crippen molar-refractivity contribution >= 4 is 80.7 Å². The zero-order valence-electron chi connectivity index (χ0n) is 36.4. The van der Waals surface area contributed by atoms with Crippen molar-refractivity contribution in [3.63, 3.8) is 0 Å². The molecule has 64 heavy (non-hydrogen) atoms. The number of esters is 2. The van der Waals surface area contributed by atoms with Crippen LogP contribution in [0.3, 0.4) is 0 Å². The number of Topliss-reactive ketones (excluding diaryl/α,β-unsaturated/α-hetero) is 1. The van der Waals surface area contributed by atoms with E-state index in [1.807, 2.05) is 53.5 Å². The highest BCUT2D eigenvalue weighted by Crippen LogP contribution is 2.45. The van der Waals surface area contributed by atoms with Crippen LogP contribution in [0.2, 0.25) is 10.0 Å². The largest absolute Gasteiger partial charge is 0.462 e. The summed E-state index contributed by atoms with van der Waals surface area (Å²) >= 11 is 12.0. The number of aromatic nitrogens is 1. The molecule has 0 atom stereocenters. The first-order chi connectivity index (χ1) is 30.9. The molecule has 12 nitrogen and oxygen atoms in total. The van der Waals surface area contributed by atoms with Gasteiger partial charge < -0.3 is 29.7 Å². The van der Waals surface area contributed by atoms with Gasteiger partial charge in [0.1, 0.15) is 0 Å². The molecule has 2 fully saturated rings. The third-order valence-electron chi connectivity index (χ3n) is 12.2. The molecule has 2 saturated carbocycles. The summed E-state index contributed by atoms with van der Waals surface area (Å²) in [6, 6.07) is 24.4. The number of halogens is 2. The second-order valence-electron chi connectivity index (χ2n) is 16.5. The lowest BCUT2D eigenvalue weighted by Gasteiger charge is -2.32. The number of benzene rings is 4. The Morgan fingerprint density at radius 1 is 0.688 bits per heavy atom. The van der Waals surface area contributed by atoms with Crippen LogP contribution in [0.15, 0.2) is 78.9 Å². The molecule has 14 heteroatoms. The van der Waals surface area contributed by atoms with Crippen LogP contribution in [0, 0.1) is 0 Å². The molecular weight excluding hydrogens is 853 g/mol. The van der Waals surface area contributed by atoms with E-state index in [9.17, 15) is 24.0 Å². The van der Waals surface area contributed by atoms with E-state index in [4.69, 9.17) is 38.5 Å². The highest BCUT2D eigenvalue weighted by Gasteiger charge is 2.30. The summed E-state index contributed by atoms with van der Waals surface area (Å²) in [5.41, 5.74) is 7.91. The van der Waals surface area contributed by atoms with Crippen LogP contribution in [0.25, 0.3) is 22.2 Å². The highest BCUT2D eigenvalue weighted by molar-refractivity contribution is 6.31. The van der Waals surface area contributed by atoms with Gasteiger partial charge in [0.2, 0.25) is 11.8 Å². The molecule has 336 valence electrons. The summed E-state index contributed by atoms with van der Waals surface area (Å²) in [5.74, 6) is 5.32. The first-order valence-corrected chi connectivity index (χ1v) is 23.1. The van der Waals surface area contributed by atoms with Crippen LogP contribution in [-0.4, -0.2) is 53.4 Å². The molecule has 2 aliphatic heterocycles. The molecule has 2 aliphatic carbocycles. The number of ether oxygens (including phenoxy) is 2. The number of rotatable bonds is 7. The number of hydrogen-bond acceptors (Lipinski definition) is 9. The zero-order valence-corrected chi connectivity index (χ0v) is 37.9. The molecule has 1 aromatic heterocycles. The molecule has 4 aromatic carbocycles. The molecule has 2 amide bonds. The van der Waals surface area contributed by atoms with Gasteiger partial charge in [-0.2, -0.15) is 0 Å². The number of anilines is 3. The van der Waals surface area contributed by atoms with Crippen LogP contribution >= 0.6 is 23.2 Å². The Bertz CT molecular complexity index is 2530. The first kappa shape index (κ1) is 46.3. The fourth-order valence-electron chi connectivity index (χ4n) is 9.09. The van der Waals surface area contributed by atoms with Gasteiger partial charge in [0.25, 0.3) is 0 Å². The fraction of sp³-hybridized carbons (Fsp3) is 0.380. The predicted molar refractivity (Wildman–Crippen MR) is 252 cm³/mol. The van der Waals surface area contributed by atoms with Crippen molar-refractivity contribution in [3.05, 3.63) is 111 Å². The minimum atomic E-state index is -0.339. The summed E-state index contributed by atoms with van der Waals surface area (Å²) in [7, 11) is 0. The number of nitrogens with two attached hydrogens (primary N) is 1. The number of ketones is 1. The molecule has 0 unspecified atom stereocenters. The van der Waals surface area contributed by atoms with Crippen molar-refractivity contribution in [3.8, 4) is 11.3 Å². The fourth-order valence-corrected chi connectivity index (χ4v) is 9.43. The van der Waals surface area contributed by atoms with Crippen molar-refractivity contribution in [1.29, 1.82) is 0 Å². The SMILES string of the molecule is CCOC(=O)c1ccc(N(N)C2CCCCC2)cc1.CCOC(=O)c1ccc2c(c1)c1c(n2C2CCCCC2)-c2ccc(Cl)cc2NC(=O)C1.O=C1CCC(=O)c2ccc(Cl)cc2N1. The van der Waals surface area contributed by atoms with Crippen molar-refractivity contribution in [2.75, 3.05) is 28.9 Å². The number of fused-ring (bicyclic) bond motifs is 6. The summed E-state index contributed by atoms with van der Waals surface area (Å²) in [6.07, 6.45) is 12.7. The molecule has 5 aromatic rings. The summed E-state index contributed by atoms with van der Waals surface area (Å²) < 4.78 is 12.6. The highest BCUT2D eigenvalue weighted by atomic mass is 35.5. The van der Waals surface area contributed by atoms with E-state index in [1.54, 1.807) is 44.2 Å². The third-order valence-corrected chi connectivity index (χ3v) is 12.7. The molecule has 3 heterocycles. The number of amides is 2. The summed E-state index contributed by atoms with van der Waals surface area (Å²) in [4.78, 5) is 59.5. The van der Waals surface area contributed by atoms with Crippen molar-refractivity contribution in [1.82, 2.24) is 4.57 Å². The van der Waals surface area contributed by atoms with E-state index >= 15 is 0 Å². The maximum absolute atomic E-state index is 12.8. The minimum absolute atomic E-state index is 0.0185. The van der Waals surface area contributed by atoms with E-state index < -0.39 is 0 Å². The van der Waals surface area contributed by atoms with Crippen LogP contribution in [-0.2, 0) is 25.5 Å². The Morgan fingerprint density at radius 2 is 1.25 bits per heavy atom. The molecule has 0 saturated heterocycles. The Labute approximate surface area is 383 Å². The average molecular weight is 909 g/mol. The number of hydrazine groups is 1. The first-order valence-electron chi connectivity index (χ1n) is 22.3. The van der Waals surface area contributed by atoms with Gasteiger partial charge >= 0.3 is 11.9 Å². The normalized spacial score (nSPS) is 16.2. The number of nitrogens with one attached hydrogen (secondary N) is 2. The number of hydrogen-bond donors (Lipinski definition) is 3. The Kier molecular flexibility index (Phi) is 15.4. The van der Waals surface area contributed by atoms with Crippen LogP contribution in [0.4, 0.5) is 17.1 Å². The monoisotopic (exact) mass is 907 g/mol. The second-order valence-corrected chi connectivity index (χ2v) is 17.4. The van der Waals surface area contributed by atoms with Gasteiger partial charge in [-0.1, -0.05) is 61.7 Å². The minimum Gasteiger partial charge on any atom is -0.462 e. The molecule has 0 bridgehead atoms. The van der Waals surface area contributed by atoms with Gasteiger partial charge in [-0.15, -0.1) is 0 Å². The summed E-state index contributed by atoms with van der Waals surface area (Å²) in [6.45, 7) is 4.33. The molecular formula is C50H55Cl2N5O7. The maximum Gasteiger partial charge on any atom is 0.338 e.